The second kappa shape index (κ2) is 8.54. The van der Waals surface area contributed by atoms with Crippen LogP contribution in [-0.4, -0.2) is 10.1 Å². The van der Waals surface area contributed by atoms with Gasteiger partial charge in [0.05, 0.1) is 21.8 Å². The highest BCUT2D eigenvalue weighted by molar-refractivity contribution is 7.80. The molecule has 2 atom stereocenters. The number of benzene rings is 2. The molecule has 3 heterocycles. The fourth-order valence-corrected chi connectivity index (χ4v) is 4.48. The average molecular weight is 484 g/mol. The lowest BCUT2D eigenvalue weighted by atomic mass is 10.0. The zero-order valence-electron chi connectivity index (χ0n) is 16.5. The molecular formula is C24H16Cl2FN3OS. The molecule has 2 aromatic heterocycles. The van der Waals surface area contributed by atoms with Crippen molar-refractivity contribution in [1.82, 2.24) is 10.3 Å². The molecule has 0 radical (unpaired) electrons. The Kier molecular flexibility index (Phi) is 5.59. The molecule has 4 nitrogen and oxygen atoms in total. The summed E-state index contributed by atoms with van der Waals surface area (Å²) in [5.41, 5.74) is 2.37. The lowest BCUT2D eigenvalue weighted by molar-refractivity contribution is 0.439. The van der Waals surface area contributed by atoms with Crippen LogP contribution in [0.25, 0.3) is 11.3 Å². The third-order valence-corrected chi connectivity index (χ3v) is 6.38. The molecule has 0 unspecified atom stereocenters. The van der Waals surface area contributed by atoms with E-state index in [0.717, 1.165) is 16.9 Å². The van der Waals surface area contributed by atoms with Crippen LogP contribution in [0.15, 0.2) is 83.4 Å². The van der Waals surface area contributed by atoms with E-state index in [2.05, 4.69) is 10.3 Å². The minimum Gasteiger partial charge on any atom is -0.459 e. The maximum absolute atomic E-state index is 13.6. The molecule has 32 heavy (non-hydrogen) atoms. The largest absolute Gasteiger partial charge is 0.459 e. The lowest BCUT2D eigenvalue weighted by Crippen LogP contribution is -2.29. The van der Waals surface area contributed by atoms with E-state index in [9.17, 15) is 4.39 Å². The number of rotatable bonds is 4. The van der Waals surface area contributed by atoms with Crippen molar-refractivity contribution in [3.8, 4) is 11.3 Å². The maximum Gasteiger partial charge on any atom is 0.174 e. The van der Waals surface area contributed by atoms with Gasteiger partial charge in [0.15, 0.2) is 5.11 Å². The van der Waals surface area contributed by atoms with Crippen molar-refractivity contribution in [2.24, 2.45) is 0 Å². The molecule has 0 spiro atoms. The summed E-state index contributed by atoms with van der Waals surface area (Å²) in [6, 6.07) is 20.5. The van der Waals surface area contributed by atoms with Gasteiger partial charge in [0.2, 0.25) is 0 Å². The van der Waals surface area contributed by atoms with Crippen LogP contribution in [0.2, 0.25) is 10.0 Å². The Hall–Kier alpha value is -2.93. The average Bonchev–Trinajstić information content (AvgIpc) is 3.41. The first-order chi connectivity index (χ1) is 15.5. The molecule has 160 valence electrons. The van der Waals surface area contributed by atoms with E-state index in [4.69, 9.17) is 39.8 Å². The number of hydrogen-bond donors (Lipinski definition) is 1. The SMILES string of the molecule is Fc1ccc(N2C(=S)N[C@@H](c3ccccn3)[C@@H]2c2ccc(-c3ccc(Cl)c(Cl)c3)o2)cc1. The molecular weight excluding hydrogens is 468 g/mol. The number of nitrogens with one attached hydrogen (secondary N) is 1. The molecule has 2 aromatic carbocycles. The summed E-state index contributed by atoms with van der Waals surface area (Å²) < 4.78 is 19.8. The topological polar surface area (TPSA) is 41.3 Å². The van der Waals surface area contributed by atoms with Crippen LogP contribution < -0.4 is 10.2 Å². The van der Waals surface area contributed by atoms with Gasteiger partial charge < -0.3 is 14.6 Å². The van der Waals surface area contributed by atoms with E-state index >= 15 is 0 Å². The van der Waals surface area contributed by atoms with Crippen LogP contribution in [0.4, 0.5) is 10.1 Å². The van der Waals surface area contributed by atoms with E-state index in [1.165, 1.54) is 12.1 Å². The summed E-state index contributed by atoms with van der Waals surface area (Å²) in [5, 5.41) is 4.78. The van der Waals surface area contributed by atoms with Crippen LogP contribution in [0.3, 0.4) is 0 Å². The van der Waals surface area contributed by atoms with Crippen LogP contribution >= 0.6 is 35.4 Å². The van der Waals surface area contributed by atoms with Gasteiger partial charge in [0, 0.05) is 17.4 Å². The smallest absolute Gasteiger partial charge is 0.174 e. The number of pyridine rings is 1. The van der Waals surface area contributed by atoms with E-state index in [1.54, 1.807) is 30.5 Å². The highest BCUT2D eigenvalue weighted by atomic mass is 35.5. The third kappa shape index (κ3) is 3.86. The molecule has 0 saturated carbocycles. The first-order valence-electron chi connectivity index (χ1n) is 9.82. The normalized spacial score (nSPS) is 18.1. The third-order valence-electron chi connectivity index (χ3n) is 5.33. The van der Waals surface area contributed by atoms with Gasteiger partial charge in [-0.05, 0) is 78.9 Å². The zero-order valence-corrected chi connectivity index (χ0v) is 18.8. The predicted octanol–water partition coefficient (Wildman–Crippen LogP) is 6.96. The number of hydrogen-bond acceptors (Lipinski definition) is 3. The van der Waals surface area contributed by atoms with Gasteiger partial charge in [-0.2, -0.15) is 0 Å². The molecule has 1 saturated heterocycles. The van der Waals surface area contributed by atoms with Gasteiger partial charge in [0.1, 0.15) is 23.4 Å². The number of nitrogens with zero attached hydrogens (tertiary/aromatic N) is 2. The quantitative estimate of drug-likeness (QED) is 0.317. The minimum atomic E-state index is -0.334. The minimum absolute atomic E-state index is 0.262. The maximum atomic E-state index is 13.6. The van der Waals surface area contributed by atoms with Crippen molar-refractivity contribution < 1.29 is 8.81 Å². The molecule has 0 aliphatic carbocycles. The summed E-state index contributed by atoms with van der Waals surface area (Å²) in [6.45, 7) is 0. The van der Waals surface area contributed by atoms with Gasteiger partial charge in [-0.3, -0.25) is 4.98 Å². The molecule has 1 aliphatic heterocycles. The number of anilines is 1. The number of halogens is 3. The highest BCUT2D eigenvalue weighted by Crippen LogP contribution is 2.43. The van der Waals surface area contributed by atoms with E-state index < -0.39 is 0 Å². The van der Waals surface area contributed by atoms with Crippen LogP contribution in [0, 0.1) is 5.82 Å². The van der Waals surface area contributed by atoms with Crippen molar-refractivity contribution in [3.63, 3.8) is 0 Å². The van der Waals surface area contributed by atoms with Crippen molar-refractivity contribution in [1.29, 1.82) is 0 Å². The number of thiocarbonyl (C=S) groups is 1. The predicted molar refractivity (Wildman–Crippen MR) is 128 cm³/mol. The van der Waals surface area contributed by atoms with E-state index in [1.807, 2.05) is 41.3 Å². The Balaban J connectivity index is 1.59. The van der Waals surface area contributed by atoms with Gasteiger partial charge in [-0.15, -0.1) is 0 Å². The number of aromatic nitrogens is 1. The Morgan fingerprint density at radius 1 is 0.969 bits per heavy atom. The second-order valence-corrected chi connectivity index (χ2v) is 8.51. The summed E-state index contributed by atoms with van der Waals surface area (Å²) in [6.07, 6.45) is 1.74. The molecule has 1 aliphatic rings. The molecule has 5 rings (SSSR count). The van der Waals surface area contributed by atoms with Crippen molar-refractivity contribution in [2.75, 3.05) is 4.90 Å². The Morgan fingerprint density at radius 2 is 1.78 bits per heavy atom. The second-order valence-electron chi connectivity index (χ2n) is 7.30. The summed E-state index contributed by atoms with van der Waals surface area (Å²) in [4.78, 5) is 6.44. The first-order valence-corrected chi connectivity index (χ1v) is 11.0. The van der Waals surface area contributed by atoms with E-state index in [0.29, 0.717) is 26.7 Å². The van der Waals surface area contributed by atoms with Crippen molar-refractivity contribution >= 4 is 46.2 Å². The van der Waals surface area contributed by atoms with Crippen LogP contribution in [0.1, 0.15) is 23.5 Å². The van der Waals surface area contributed by atoms with E-state index in [-0.39, 0.29) is 17.9 Å². The summed E-state index contributed by atoms with van der Waals surface area (Å²) >= 11 is 17.9. The molecule has 4 aromatic rings. The highest BCUT2D eigenvalue weighted by Gasteiger charge is 2.42. The van der Waals surface area contributed by atoms with Gasteiger partial charge in [0.25, 0.3) is 0 Å². The lowest BCUT2D eigenvalue weighted by Gasteiger charge is -2.26. The zero-order chi connectivity index (χ0) is 22.2. The van der Waals surface area contributed by atoms with Gasteiger partial charge in [-0.25, -0.2) is 4.39 Å². The molecule has 0 amide bonds. The molecule has 1 fully saturated rings. The first kappa shape index (κ1) is 20.9. The summed E-state index contributed by atoms with van der Waals surface area (Å²) in [5.74, 6) is 1.01. The Labute approximate surface area is 199 Å². The molecule has 8 heteroatoms. The van der Waals surface area contributed by atoms with Crippen molar-refractivity contribution in [3.05, 3.63) is 106 Å². The van der Waals surface area contributed by atoms with Gasteiger partial charge >= 0.3 is 0 Å². The van der Waals surface area contributed by atoms with Gasteiger partial charge in [-0.1, -0.05) is 29.3 Å². The fraction of sp³-hybridized carbons (Fsp3) is 0.0833. The summed E-state index contributed by atoms with van der Waals surface area (Å²) in [7, 11) is 0. The van der Waals surface area contributed by atoms with Crippen LogP contribution in [-0.2, 0) is 0 Å². The standard InChI is InChI=1S/C24H16Cl2FN3OS/c25-17-9-4-14(13-18(17)26)20-10-11-21(31-20)23-22(19-3-1-2-12-28-19)29-24(32)30(23)16-7-5-15(27)6-8-16/h1-13,22-23H,(H,29,32)/t22-,23-/m0/s1. The molecule has 0 bridgehead atoms. The number of furan rings is 1. The van der Waals surface area contributed by atoms with Crippen LogP contribution in [0.5, 0.6) is 0 Å². The monoisotopic (exact) mass is 483 g/mol. The Bertz CT molecular complexity index is 1280. The van der Waals surface area contributed by atoms with Crippen molar-refractivity contribution in [2.45, 2.75) is 12.1 Å². The molecule has 1 N–H and O–H groups in total. The Morgan fingerprint density at radius 3 is 2.50 bits per heavy atom. The fourth-order valence-electron chi connectivity index (χ4n) is 3.84.